The summed E-state index contributed by atoms with van der Waals surface area (Å²) in [6.07, 6.45) is 7.96. The maximum Gasteiger partial charge on any atom is 0.303 e. The number of hydrogen-bond acceptors (Lipinski definition) is 3. The van der Waals surface area contributed by atoms with Crippen molar-refractivity contribution in [2.45, 2.75) is 96.6 Å². The third-order valence-electron chi connectivity index (χ3n) is 5.17. The van der Waals surface area contributed by atoms with Gasteiger partial charge in [-0.05, 0) is 38.0 Å². The van der Waals surface area contributed by atoms with Crippen LogP contribution in [0.1, 0.15) is 84.5 Å². The first kappa shape index (κ1) is 22.5. The lowest BCUT2D eigenvalue weighted by atomic mass is 9.95. The summed E-state index contributed by atoms with van der Waals surface area (Å²) in [5, 5.41) is 19.0. The Balaban J connectivity index is 2.29. The lowest BCUT2D eigenvalue weighted by Gasteiger charge is -2.26. The second-order valence-electron chi connectivity index (χ2n) is 7.37. The van der Waals surface area contributed by atoms with Crippen LogP contribution in [0.3, 0.4) is 0 Å². The molecule has 1 rings (SSSR count). The van der Waals surface area contributed by atoms with Gasteiger partial charge in [0.2, 0.25) is 5.91 Å². The third kappa shape index (κ3) is 8.71. The van der Waals surface area contributed by atoms with Gasteiger partial charge in [0.05, 0.1) is 6.10 Å². The summed E-state index contributed by atoms with van der Waals surface area (Å²) >= 11 is 0. The Kier molecular flexibility index (Phi) is 11.0. The van der Waals surface area contributed by atoms with Crippen molar-refractivity contribution < 1.29 is 19.8 Å². The van der Waals surface area contributed by atoms with E-state index in [9.17, 15) is 14.7 Å². The van der Waals surface area contributed by atoms with Crippen molar-refractivity contribution in [1.29, 1.82) is 0 Å². The lowest BCUT2D eigenvalue weighted by Crippen LogP contribution is -2.34. The van der Waals surface area contributed by atoms with Gasteiger partial charge in [0.25, 0.3) is 0 Å². The fourth-order valence-electron chi connectivity index (χ4n) is 3.45. The Labute approximate surface area is 158 Å². The molecule has 0 aromatic carbocycles. The number of aliphatic hydroxyl groups is 1. The monoisotopic (exact) mass is 365 g/mol. The molecule has 5 nitrogen and oxygen atoms in total. The zero-order chi connectivity index (χ0) is 19.4. The van der Waals surface area contributed by atoms with Crippen molar-refractivity contribution in [3.8, 4) is 11.8 Å². The number of aliphatic hydroxyl groups excluding tert-OH is 1. The van der Waals surface area contributed by atoms with Gasteiger partial charge in [-0.25, -0.2) is 0 Å². The third-order valence-corrected chi connectivity index (χ3v) is 5.17. The van der Waals surface area contributed by atoms with Crippen LogP contribution >= 0.6 is 0 Å². The van der Waals surface area contributed by atoms with Crippen molar-refractivity contribution in [1.82, 2.24) is 4.90 Å². The Morgan fingerprint density at radius 2 is 2.00 bits per heavy atom. The van der Waals surface area contributed by atoms with E-state index in [1.807, 2.05) is 18.7 Å². The summed E-state index contributed by atoms with van der Waals surface area (Å²) in [4.78, 5) is 24.6. The average Bonchev–Trinajstić information content (AvgIpc) is 2.95. The van der Waals surface area contributed by atoms with Crippen LogP contribution in [0.15, 0.2) is 0 Å². The predicted molar refractivity (Wildman–Crippen MR) is 103 cm³/mol. The van der Waals surface area contributed by atoms with Crippen LogP contribution in [0.4, 0.5) is 0 Å². The largest absolute Gasteiger partial charge is 0.481 e. The van der Waals surface area contributed by atoms with Gasteiger partial charge in [0.15, 0.2) is 0 Å². The first-order chi connectivity index (χ1) is 12.5. The second kappa shape index (κ2) is 12.8. The fourth-order valence-corrected chi connectivity index (χ4v) is 3.45. The minimum atomic E-state index is -0.742. The van der Waals surface area contributed by atoms with Gasteiger partial charge in [0, 0.05) is 38.3 Å². The lowest BCUT2D eigenvalue weighted by molar-refractivity contribution is -0.137. The van der Waals surface area contributed by atoms with Crippen molar-refractivity contribution in [3.05, 3.63) is 0 Å². The molecule has 2 N–H and O–H groups in total. The molecule has 1 fully saturated rings. The predicted octanol–water partition coefficient (Wildman–Crippen LogP) is 3.59. The SMILES string of the molecule is CCC#CC[C@@H](C)[C@@H](O)CCC1CCC(=O)N1CCCCCCC(=O)O. The van der Waals surface area contributed by atoms with Crippen LogP contribution in [0.5, 0.6) is 0 Å². The molecule has 1 amide bonds. The molecule has 26 heavy (non-hydrogen) atoms. The summed E-state index contributed by atoms with van der Waals surface area (Å²) in [7, 11) is 0. The maximum atomic E-state index is 12.1. The smallest absolute Gasteiger partial charge is 0.303 e. The molecule has 0 saturated carbocycles. The van der Waals surface area contributed by atoms with Gasteiger partial charge in [-0.3, -0.25) is 9.59 Å². The van der Waals surface area contributed by atoms with Crippen molar-refractivity contribution in [2.24, 2.45) is 5.92 Å². The van der Waals surface area contributed by atoms with Crippen LogP contribution in [0.25, 0.3) is 0 Å². The van der Waals surface area contributed by atoms with E-state index in [0.29, 0.717) is 19.3 Å². The number of rotatable bonds is 12. The van der Waals surface area contributed by atoms with Gasteiger partial charge in [0.1, 0.15) is 0 Å². The zero-order valence-electron chi connectivity index (χ0n) is 16.4. The highest BCUT2D eigenvalue weighted by Crippen LogP contribution is 2.25. The number of nitrogens with zero attached hydrogens (tertiary/aromatic N) is 1. The molecule has 1 heterocycles. The number of likely N-dealkylation sites (tertiary alicyclic amines) is 1. The summed E-state index contributed by atoms with van der Waals surface area (Å²) in [5.41, 5.74) is 0. The van der Waals surface area contributed by atoms with E-state index in [4.69, 9.17) is 5.11 Å². The summed E-state index contributed by atoms with van der Waals surface area (Å²) in [5.74, 6) is 5.78. The van der Waals surface area contributed by atoms with E-state index < -0.39 is 5.97 Å². The van der Waals surface area contributed by atoms with E-state index >= 15 is 0 Å². The molecule has 1 saturated heterocycles. The summed E-state index contributed by atoms with van der Waals surface area (Å²) < 4.78 is 0. The molecule has 0 aromatic heterocycles. The van der Waals surface area contributed by atoms with Gasteiger partial charge < -0.3 is 15.1 Å². The molecule has 1 unspecified atom stereocenters. The van der Waals surface area contributed by atoms with Crippen LogP contribution in [0.2, 0.25) is 0 Å². The molecular weight excluding hydrogens is 330 g/mol. The highest BCUT2D eigenvalue weighted by Gasteiger charge is 2.30. The normalized spacial score (nSPS) is 19.1. The minimum absolute atomic E-state index is 0.161. The number of carbonyl (C=O) groups excluding carboxylic acids is 1. The Morgan fingerprint density at radius 1 is 1.27 bits per heavy atom. The Hall–Kier alpha value is -1.54. The minimum Gasteiger partial charge on any atom is -0.481 e. The van der Waals surface area contributed by atoms with Gasteiger partial charge in [-0.15, -0.1) is 11.8 Å². The highest BCUT2D eigenvalue weighted by atomic mass is 16.4. The first-order valence-electron chi connectivity index (χ1n) is 10.1. The van der Waals surface area contributed by atoms with Crippen LogP contribution in [-0.2, 0) is 9.59 Å². The van der Waals surface area contributed by atoms with Gasteiger partial charge in [-0.2, -0.15) is 0 Å². The number of carbonyl (C=O) groups is 2. The molecule has 0 aliphatic carbocycles. The molecule has 3 atom stereocenters. The molecule has 0 aromatic rings. The molecule has 5 heteroatoms. The summed E-state index contributed by atoms with van der Waals surface area (Å²) in [6.45, 7) is 4.81. The summed E-state index contributed by atoms with van der Waals surface area (Å²) in [6, 6.07) is 0.241. The van der Waals surface area contributed by atoms with E-state index in [1.54, 1.807) is 0 Å². The standard InChI is InChI=1S/C21H35NO4/c1-3-4-7-10-17(2)19(23)14-12-18-13-15-20(24)22(18)16-9-6-5-8-11-21(25)26/h17-19,23H,3,5-6,8-16H2,1-2H3,(H,25,26)/t17-,18?,19+/m1/s1. The zero-order valence-corrected chi connectivity index (χ0v) is 16.4. The molecule has 148 valence electrons. The van der Waals surface area contributed by atoms with E-state index in [0.717, 1.165) is 51.5 Å². The van der Waals surface area contributed by atoms with Gasteiger partial charge in [-0.1, -0.05) is 26.7 Å². The molecule has 1 aliphatic heterocycles. The quantitative estimate of drug-likeness (QED) is 0.409. The molecule has 0 radical (unpaired) electrons. The van der Waals surface area contributed by atoms with Gasteiger partial charge >= 0.3 is 5.97 Å². The molecule has 0 spiro atoms. The molecule has 0 bridgehead atoms. The van der Waals surface area contributed by atoms with Crippen molar-refractivity contribution in [3.63, 3.8) is 0 Å². The van der Waals surface area contributed by atoms with E-state index in [-0.39, 0.29) is 30.4 Å². The highest BCUT2D eigenvalue weighted by molar-refractivity contribution is 5.78. The Morgan fingerprint density at radius 3 is 2.69 bits per heavy atom. The van der Waals surface area contributed by atoms with E-state index in [2.05, 4.69) is 11.8 Å². The number of unbranched alkanes of at least 4 members (excludes halogenated alkanes) is 3. The number of carboxylic acids is 1. The number of hydrogen-bond donors (Lipinski definition) is 2. The second-order valence-corrected chi connectivity index (χ2v) is 7.37. The van der Waals surface area contributed by atoms with Crippen LogP contribution in [0, 0.1) is 17.8 Å². The number of carboxylic acid groups (broad SMARTS) is 1. The first-order valence-corrected chi connectivity index (χ1v) is 10.1. The van der Waals surface area contributed by atoms with Crippen molar-refractivity contribution in [2.75, 3.05) is 6.54 Å². The molecule has 1 aliphatic rings. The van der Waals surface area contributed by atoms with Crippen LogP contribution in [-0.4, -0.2) is 45.7 Å². The Bertz CT molecular complexity index is 494. The molecular formula is C21H35NO4. The van der Waals surface area contributed by atoms with Crippen molar-refractivity contribution >= 4 is 11.9 Å². The fraction of sp³-hybridized carbons (Fsp3) is 0.810. The van der Waals surface area contributed by atoms with E-state index in [1.165, 1.54) is 0 Å². The topological polar surface area (TPSA) is 77.8 Å². The maximum absolute atomic E-state index is 12.1. The average molecular weight is 366 g/mol. The number of amides is 1. The number of aliphatic carboxylic acids is 1. The van der Waals surface area contributed by atoms with Crippen LogP contribution < -0.4 is 0 Å².